The van der Waals surface area contributed by atoms with Crippen LogP contribution in [0.1, 0.15) is 29.4 Å². The Kier molecular flexibility index (Phi) is 4.30. The fourth-order valence-corrected chi connectivity index (χ4v) is 3.10. The van der Waals surface area contributed by atoms with E-state index in [-0.39, 0.29) is 5.91 Å². The van der Waals surface area contributed by atoms with Gasteiger partial charge in [-0.2, -0.15) is 10.2 Å². The molecular weight excluding hydrogens is 316 g/mol. The molecule has 0 bridgehead atoms. The first kappa shape index (κ1) is 15.6. The number of rotatable bonds is 4. The number of carbonyl (C=O) groups excluding carboxylic acids is 1. The molecule has 3 aromatic rings. The lowest BCUT2D eigenvalue weighted by Crippen LogP contribution is -2.32. The quantitative estimate of drug-likeness (QED) is 0.766. The van der Waals surface area contributed by atoms with Crippen LogP contribution in [0.5, 0.6) is 0 Å². The number of hydrogen-bond donors (Lipinski definition) is 2. The van der Waals surface area contributed by atoms with E-state index in [1.807, 2.05) is 47.4 Å². The second-order valence-electron chi connectivity index (χ2n) is 6.10. The van der Waals surface area contributed by atoms with Crippen LogP contribution in [-0.4, -0.2) is 38.6 Å². The van der Waals surface area contributed by atoms with Crippen LogP contribution in [0.4, 0.5) is 5.69 Å². The van der Waals surface area contributed by atoms with Crippen LogP contribution in [0.15, 0.2) is 55.0 Å². The maximum atomic E-state index is 12.6. The van der Waals surface area contributed by atoms with E-state index in [0.717, 1.165) is 31.6 Å². The number of anilines is 1. The van der Waals surface area contributed by atoms with Crippen molar-refractivity contribution in [3.8, 4) is 5.69 Å². The SMILES string of the molecule is O=C(Nc1ccccc1-n1cccn1)c1ccn(C2CCCNC2)n1. The van der Waals surface area contributed by atoms with Crippen molar-refractivity contribution in [3.63, 3.8) is 0 Å². The summed E-state index contributed by atoms with van der Waals surface area (Å²) in [5.74, 6) is -0.220. The number of nitrogens with zero attached hydrogens (tertiary/aromatic N) is 4. The second-order valence-corrected chi connectivity index (χ2v) is 6.10. The van der Waals surface area contributed by atoms with Crippen LogP contribution in [0.25, 0.3) is 5.69 Å². The minimum atomic E-state index is -0.220. The molecule has 1 saturated heterocycles. The maximum Gasteiger partial charge on any atom is 0.276 e. The van der Waals surface area contributed by atoms with Crippen LogP contribution in [0, 0.1) is 0 Å². The first-order valence-electron chi connectivity index (χ1n) is 8.47. The molecule has 128 valence electrons. The molecule has 1 unspecified atom stereocenters. The lowest BCUT2D eigenvalue weighted by molar-refractivity contribution is 0.102. The third-order valence-corrected chi connectivity index (χ3v) is 4.39. The fourth-order valence-electron chi connectivity index (χ4n) is 3.10. The Morgan fingerprint density at radius 1 is 1.20 bits per heavy atom. The molecule has 1 fully saturated rings. The zero-order chi connectivity index (χ0) is 17.1. The van der Waals surface area contributed by atoms with Crippen molar-refractivity contribution in [1.82, 2.24) is 24.9 Å². The van der Waals surface area contributed by atoms with Crippen LogP contribution in [0.3, 0.4) is 0 Å². The number of hydrogen-bond acceptors (Lipinski definition) is 4. The van der Waals surface area contributed by atoms with Crippen molar-refractivity contribution >= 4 is 11.6 Å². The minimum absolute atomic E-state index is 0.220. The van der Waals surface area contributed by atoms with E-state index in [2.05, 4.69) is 20.8 Å². The molecule has 0 aliphatic carbocycles. The lowest BCUT2D eigenvalue weighted by atomic mass is 10.1. The number of para-hydroxylation sites is 2. The molecule has 3 heterocycles. The molecule has 0 saturated carbocycles. The van der Waals surface area contributed by atoms with Gasteiger partial charge in [-0.3, -0.25) is 9.48 Å². The highest BCUT2D eigenvalue weighted by Gasteiger charge is 2.18. The van der Waals surface area contributed by atoms with Crippen molar-refractivity contribution in [2.24, 2.45) is 0 Å². The van der Waals surface area contributed by atoms with Crippen molar-refractivity contribution in [3.05, 3.63) is 60.7 Å². The van der Waals surface area contributed by atoms with Gasteiger partial charge in [0.1, 0.15) is 0 Å². The molecule has 4 rings (SSSR count). The van der Waals surface area contributed by atoms with Gasteiger partial charge in [0.25, 0.3) is 5.91 Å². The van der Waals surface area contributed by atoms with E-state index in [4.69, 9.17) is 0 Å². The molecule has 0 spiro atoms. The highest BCUT2D eigenvalue weighted by Crippen LogP contribution is 2.20. The molecule has 25 heavy (non-hydrogen) atoms. The molecule has 2 aromatic heterocycles. The van der Waals surface area contributed by atoms with Crippen molar-refractivity contribution in [2.75, 3.05) is 18.4 Å². The average molecular weight is 336 g/mol. The van der Waals surface area contributed by atoms with Gasteiger partial charge in [-0.1, -0.05) is 12.1 Å². The molecule has 7 heteroatoms. The zero-order valence-corrected chi connectivity index (χ0v) is 13.8. The van der Waals surface area contributed by atoms with E-state index in [0.29, 0.717) is 17.4 Å². The van der Waals surface area contributed by atoms with Gasteiger partial charge >= 0.3 is 0 Å². The van der Waals surface area contributed by atoms with Gasteiger partial charge in [0.2, 0.25) is 0 Å². The van der Waals surface area contributed by atoms with Gasteiger partial charge in [-0.15, -0.1) is 0 Å². The number of nitrogens with one attached hydrogen (secondary N) is 2. The monoisotopic (exact) mass is 336 g/mol. The summed E-state index contributed by atoms with van der Waals surface area (Å²) in [4.78, 5) is 12.6. The first-order chi connectivity index (χ1) is 12.3. The molecule has 1 aliphatic heterocycles. The Hall–Kier alpha value is -2.93. The van der Waals surface area contributed by atoms with Gasteiger partial charge in [0, 0.05) is 25.1 Å². The Bertz CT molecular complexity index is 848. The summed E-state index contributed by atoms with van der Waals surface area (Å²) in [6.07, 6.45) is 7.64. The number of amides is 1. The molecule has 1 aromatic carbocycles. The number of carbonyl (C=O) groups is 1. The van der Waals surface area contributed by atoms with Crippen molar-refractivity contribution in [1.29, 1.82) is 0 Å². The summed E-state index contributed by atoms with van der Waals surface area (Å²) >= 11 is 0. The van der Waals surface area contributed by atoms with Crippen LogP contribution in [0.2, 0.25) is 0 Å². The molecule has 0 radical (unpaired) electrons. The van der Waals surface area contributed by atoms with Crippen molar-refractivity contribution < 1.29 is 4.79 Å². The van der Waals surface area contributed by atoms with E-state index in [1.54, 1.807) is 16.9 Å². The summed E-state index contributed by atoms with van der Waals surface area (Å²) in [5.41, 5.74) is 1.93. The van der Waals surface area contributed by atoms with Gasteiger partial charge in [0.15, 0.2) is 5.69 Å². The molecular formula is C18H20N6O. The molecule has 1 amide bonds. The normalized spacial score (nSPS) is 17.4. The Labute approximate surface area is 145 Å². The minimum Gasteiger partial charge on any atom is -0.319 e. The van der Waals surface area contributed by atoms with Gasteiger partial charge in [-0.25, -0.2) is 4.68 Å². The average Bonchev–Trinajstić information content (AvgIpc) is 3.35. The van der Waals surface area contributed by atoms with Crippen LogP contribution in [-0.2, 0) is 0 Å². The summed E-state index contributed by atoms with van der Waals surface area (Å²) in [7, 11) is 0. The maximum absolute atomic E-state index is 12.6. The van der Waals surface area contributed by atoms with E-state index >= 15 is 0 Å². The topological polar surface area (TPSA) is 76.8 Å². The number of aromatic nitrogens is 4. The highest BCUT2D eigenvalue weighted by molar-refractivity contribution is 6.03. The Balaban J connectivity index is 1.52. The third-order valence-electron chi connectivity index (χ3n) is 4.39. The number of benzene rings is 1. The second kappa shape index (κ2) is 6.90. The fraction of sp³-hybridized carbons (Fsp3) is 0.278. The predicted octanol–water partition coefficient (Wildman–Crippen LogP) is 2.25. The van der Waals surface area contributed by atoms with Crippen molar-refractivity contribution in [2.45, 2.75) is 18.9 Å². The van der Waals surface area contributed by atoms with Gasteiger partial charge in [0.05, 0.1) is 17.4 Å². The summed E-state index contributed by atoms with van der Waals surface area (Å²) in [6, 6.07) is 11.5. The highest BCUT2D eigenvalue weighted by atomic mass is 16.2. The van der Waals surface area contributed by atoms with E-state index < -0.39 is 0 Å². The molecule has 7 nitrogen and oxygen atoms in total. The smallest absolute Gasteiger partial charge is 0.276 e. The zero-order valence-electron chi connectivity index (χ0n) is 13.8. The number of piperidine rings is 1. The van der Waals surface area contributed by atoms with Gasteiger partial charge < -0.3 is 10.6 Å². The third kappa shape index (κ3) is 3.32. The van der Waals surface area contributed by atoms with Crippen LogP contribution < -0.4 is 10.6 Å². The summed E-state index contributed by atoms with van der Waals surface area (Å²) in [5, 5.41) is 15.0. The molecule has 1 atom stereocenters. The predicted molar refractivity (Wildman–Crippen MR) is 94.9 cm³/mol. The Morgan fingerprint density at radius 3 is 2.92 bits per heavy atom. The summed E-state index contributed by atoms with van der Waals surface area (Å²) < 4.78 is 3.61. The standard InChI is InChI=1S/C18H20N6O/c25-18(16-8-12-23(22-16)14-5-3-9-19-13-14)21-15-6-1-2-7-17(15)24-11-4-10-20-24/h1-2,4,6-8,10-12,14,19H,3,5,9,13H2,(H,21,25). The van der Waals surface area contributed by atoms with E-state index in [9.17, 15) is 4.79 Å². The largest absolute Gasteiger partial charge is 0.319 e. The first-order valence-corrected chi connectivity index (χ1v) is 8.47. The van der Waals surface area contributed by atoms with E-state index in [1.165, 1.54) is 0 Å². The lowest BCUT2D eigenvalue weighted by Gasteiger charge is -2.22. The summed E-state index contributed by atoms with van der Waals surface area (Å²) in [6.45, 7) is 1.94. The molecule has 2 N–H and O–H groups in total. The molecule has 1 aliphatic rings. The van der Waals surface area contributed by atoms with Gasteiger partial charge in [-0.05, 0) is 43.7 Å². The Morgan fingerprint density at radius 2 is 2.12 bits per heavy atom. The van der Waals surface area contributed by atoms with Crippen LogP contribution >= 0.6 is 0 Å².